The summed E-state index contributed by atoms with van der Waals surface area (Å²) in [6.45, 7) is 0. The number of terminal acetylenes is 1. The first-order valence-electron chi connectivity index (χ1n) is 5.45. The Labute approximate surface area is 112 Å². The number of carbonyl (C=O) groups is 1. The molecule has 1 atom stereocenters. The van der Waals surface area contributed by atoms with Gasteiger partial charge in [-0.1, -0.05) is 12.1 Å². The number of nitrogens with one attached hydrogen (secondary N) is 2. The first-order valence-corrected chi connectivity index (χ1v) is 6.93. The van der Waals surface area contributed by atoms with Crippen LogP contribution in [0, 0.1) is 12.3 Å². The van der Waals surface area contributed by atoms with Gasteiger partial charge < -0.3 is 11.1 Å². The van der Waals surface area contributed by atoms with Gasteiger partial charge in [-0.3, -0.25) is 4.79 Å². The molecule has 0 saturated heterocycles. The van der Waals surface area contributed by atoms with Crippen molar-refractivity contribution in [2.24, 2.45) is 5.73 Å². The van der Waals surface area contributed by atoms with E-state index in [-0.39, 0.29) is 17.0 Å². The molecular formula is C12H15N3O3S. The fourth-order valence-corrected chi connectivity index (χ4v) is 2.25. The third-order valence-corrected chi connectivity index (χ3v) is 3.85. The van der Waals surface area contributed by atoms with Gasteiger partial charge in [-0.25, -0.2) is 13.1 Å². The van der Waals surface area contributed by atoms with E-state index in [1.807, 2.05) is 0 Å². The Bertz CT molecular complexity index is 605. The lowest BCUT2D eigenvalue weighted by molar-refractivity contribution is -0.117. The molecule has 19 heavy (non-hydrogen) atoms. The van der Waals surface area contributed by atoms with Gasteiger partial charge in [-0.2, -0.15) is 0 Å². The third kappa shape index (κ3) is 3.79. The van der Waals surface area contributed by atoms with E-state index in [2.05, 4.69) is 16.0 Å². The van der Waals surface area contributed by atoms with Crippen molar-refractivity contribution in [3.05, 3.63) is 24.3 Å². The Kier molecular flexibility index (Phi) is 5.06. The lowest BCUT2D eigenvalue weighted by Crippen LogP contribution is -2.35. The maximum absolute atomic E-state index is 11.8. The number of hydrogen-bond acceptors (Lipinski definition) is 4. The molecule has 1 aromatic rings. The fraction of sp³-hybridized carbons (Fsp3) is 0.250. The first kappa shape index (κ1) is 15.2. The minimum Gasteiger partial charge on any atom is -0.323 e. The highest BCUT2D eigenvalue weighted by molar-refractivity contribution is 7.89. The van der Waals surface area contributed by atoms with Gasteiger partial charge in [0.1, 0.15) is 4.90 Å². The molecule has 7 heteroatoms. The van der Waals surface area contributed by atoms with Crippen molar-refractivity contribution in [3.8, 4) is 12.3 Å². The number of para-hydroxylation sites is 1. The van der Waals surface area contributed by atoms with E-state index >= 15 is 0 Å². The smallest absolute Gasteiger partial charge is 0.242 e. The van der Waals surface area contributed by atoms with E-state index in [0.717, 1.165) is 0 Å². The third-order valence-electron chi connectivity index (χ3n) is 2.38. The summed E-state index contributed by atoms with van der Waals surface area (Å²) < 4.78 is 25.7. The number of benzene rings is 1. The van der Waals surface area contributed by atoms with Crippen LogP contribution >= 0.6 is 0 Å². The molecule has 0 heterocycles. The highest BCUT2D eigenvalue weighted by Crippen LogP contribution is 2.20. The molecule has 0 saturated carbocycles. The molecule has 4 N–H and O–H groups in total. The summed E-state index contributed by atoms with van der Waals surface area (Å²) >= 11 is 0. The zero-order valence-electron chi connectivity index (χ0n) is 10.4. The summed E-state index contributed by atoms with van der Waals surface area (Å²) in [4.78, 5) is 11.7. The normalized spacial score (nSPS) is 12.5. The average Bonchev–Trinajstić information content (AvgIpc) is 2.39. The highest BCUT2D eigenvalue weighted by atomic mass is 32.2. The second-order valence-electron chi connectivity index (χ2n) is 3.71. The van der Waals surface area contributed by atoms with Gasteiger partial charge in [0.25, 0.3) is 0 Å². The lowest BCUT2D eigenvalue weighted by Gasteiger charge is -2.13. The zero-order chi connectivity index (χ0) is 14.5. The summed E-state index contributed by atoms with van der Waals surface area (Å²) in [5, 5.41) is 2.46. The Hall–Kier alpha value is -1.88. The van der Waals surface area contributed by atoms with Crippen LogP contribution in [-0.4, -0.2) is 27.4 Å². The molecule has 1 amide bonds. The molecular weight excluding hydrogens is 266 g/mol. The first-order chi connectivity index (χ1) is 8.92. The van der Waals surface area contributed by atoms with E-state index in [0.29, 0.717) is 0 Å². The molecule has 0 aliphatic carbocycles. The summed E-state index contributed by atoms with van der Waals surface area (Å²) in [7, 11) is -2.37. The van der Waals surface area contributed by atoms with Crippen molar-refractivity contribution < 1.29 is 13.2 Å². The summed E-state index contributed by atoms with van der Waals surface area (Å²) in [6.07, 6.45) is 5.14. The minimum absolute atomic E-state index is 0.0289. The standard InChI is InChI=1S/C12H15N3O3S/c1-3-6-9(13)12(16)15-10-7-4-5-8-11(10)19(17,18)14-2/h1,4-5,7-9,14H,6,13H2,2H3,(H,15,16). The average molecular weight is 281 g/mol. The number of hydrogen-bond donors (Lipinski definition) is 3. The number of amides is 1. The van der Waals surface area contributed by atoms with Crippen molar-refractivity contribution in [3.63, 3.8) is 0 Å². The lowest BCUT2D eigenvalue weighted by atomic mass is 10.2. The Morgan fingerprint density at radius 2 is 2.11 bits per heavy atom. The van der Waals surface area contributed by atoms with Gasteiger partial charge in [0.15, 0.2) is 0 Å². The van der Waals surface area contributed by atoms with Gasteiger partial charge >= 0.3 is 0 Å². The fourth-order valence-electron chi connectivity index (χ4n) is 1.36. The Morgan fingerprint density at radius 3 is 2.68 bits per heavy atom. The van der Waals surface area contributed by atoms with E-state index in [4.69, 9.17) is 12.2 Å². The van der Waals surface area contributed by atoms with Crippen molar-refractivity contribution in [2.75, 3.05) is 12.4 Å². The maximum Gasteiger partial charge on any atom is 0.242 e. The van der Waals surface area contributed by atoms with Crippen LogP contribution in [0.25, 0.3) is 0 Å². The number of sulfonamides is 1. The Morgan fingerprint density at radius 1 is 1.47 bits per heavy atom. The largest absolute Gasteiger partial charge is 0.323 e. The summed E-state index contributed by atoms with van der Waals surface area (Å²) in [6, 6.07) is 5.15. The molecule has 6 nitrogen and oxygen atoms in total. The van der Waals surface area contributed by atoms with Gasteiger partial charge in [-0.05, 0) is 19.2 Å². The second kappa shape index (κ2) is 6.33. The van der Waals surface area contributed by atoms with Crippen LogP contribution in [0.5, 0.6) is 0 Å². The van der Waals surface area contributed by atoms with Gasteiger partial charge in [-0.15, -0.1) is 12.3 Å². The maximum atomic E-state index is 11.8. The SMILES string of the molecule is C#CCC(N)C(=O)Nc1ccccc1S(=O)(=O)NC. The minimum atomic E-state index is -3.66. The molecule has 1 unspecified atom stereocenters. The van der Waals surface area contributed by atoms with Gasteiger partial charge in [0.2, 0.25) is 15.9 Å². The van der Waals surface area contributed by atoms with E-state index < -0.39 is 22.0 Å². The van der Waals surface area contributed by atoms with E-state index in [1.165, 1.54) is 19.2 Å². The molecule has 0 radical (unpaired) electrons. The summed E-state index contributed by atoms with van der Waals surface area (Å²) in [5.74, 6) is 1.74. The molecule has 0 aliphatic heterocycles. The van der Waals surface area contributed by atoms with Crippen LogP contribution in [0.3, 0.4) is 0 Å². The molecule has 0 aliphatic rings. The predicted molar refractivity (Wildman–Crippen MR) is 72.7 cm³/mol. The van der Waals surface area contributed by atoms with E-state index in [1.54, 1.807) is 12.1 Å². The summed E-state index contributed by atoms with van der Waals surface area (Å²) in [5.41, 5.74) is 5.71. The van der Waals surface area contributed by atoms with Gasteiger partial charge in [0.05, 0.1) is 11.7 Å². The number of nitrogens with two attached hydrogens (primary N) is 1. The quantitative estimate of drug-likeness (QED) is 0.655. The molecule has 0 spiro atoms. The molecule has 1 rings (SSSR count). The number of carbonyl (C=O) groups excluding carboxylic acids is 1. The molecule has 1 aromatic carbocycles. The number of rotatable bonds is 5. The van der Waals surface area contributed by atoms with E-state index in [9.17, 15) is 13.2 Å². The molecule has 0 fully saturated rings. The van der Waals surface area contributed by atoms with Crippen LogP contribution < -0.4 is 15.8 Å². The second-order valence-corrected chi connectivity index (χ2v) is 5.56. The van der Waals surface area contributed by atoms with Crippen molar-refractivity contribution >= 4 is 21.6 Å². The number of anilines is 1. The topological polar surface area (TPSA) is 101 Å². The van der Waals surface area contributed by atoms with Crippen LogP contribution in [0.1, 0.15) is 6.42 Å². The van der Waals surface area contributed by atoms with Crippen molar-refractivity contribution in [2.45, 2.75) is 17.4 Å². The highest BCUT2D eigenvalue weighted by Gasteiger charge is 2.19. The van der Waals surface area contributed by atoms with Crippen LogP contribution in [0.4, 0.5) is 5.69 Å². The van der Waals surface area contributed by atoms with Crippen LogP contribution in [0.2, 0.25) is 0 Å². The van der Waals surface area contributed by atoms with Crippen LogP contribution in [-0.2, 0) is 14.8 Å². The molecule has 0 aromatic heterocycles. The van der Waals surface area contributed by atoms with Crippen molar-refractivity contribution in [1.29, 1.82) is 0 Å². The monoisotopic (exact) mass is 281 g/mol. The zero-order valence-corrected chi connectivity index (χ0v) is 11.2. The van der Waals surface area contributed by atoms with Crippen LogP contribution in [0.15, 0.2) is 29.2 Å². The predicted octanol–water partition coefficient (Wildman–Crippen LogP) is -0.116. The van der Waals surface area contributed by atoms with Crippen molar-refractivity contribution in [1.82, 2.24) is 4.72 Å². The molecule has 0 bridgehead atoms. The Balaban J connectivity index is 3.04. The van der Waals surface area contributed by atoms with Gasteiger partial charge in [0, 0.05) is 6.42 Å². The molecule has 102 valence electrons.